The van der Waals surface area contributed by atoms with Crippen molar-refractivity contribution in [2.45, 2.75) is 13.2 Å². The molecular weight excluding hydrogens is 250 g/mol. The normalized spacial score (nSPS) is 10.9. The largest absolute Gasteiger partial charge is 0.487 e. The summed E-state index contributed by atoms with van der Waals surface area (Å²) in [5.74, 6) is 0.773. The topological polar surface area (TPSA) is 53.1 Å². The van der Waals surface area contributed by atoms with E-state index >= 15 is 0 Å². The number of aromatic nitrogens is 2. The van der Waals surface area contributed by atoms with Crippen LogP contribution in [0, 0.1) is 0 Å². The lowest BCUT2D eigenvalue weighted by molar-refractivity contribution is 0.306. The summed E-state index contributed by atoms with van der Waals surface area (Å²) in [6, 6.07) is 9.97. The highest BCUT2D eigenvalue weighted by Crippen LogP contribution is 2.25. The van der Waals surface area contributed by atoms with E-state index in [2.05, 4.69) is 27.9 Å². The Balaban J connectivity index is 1.95. The van der Waals surface area contributed by atoms with Crippen molar-refractivity contribution in [1.29, 1.82) is 0 Å². The highest BCUT2D eigenvalue weighted by Gasteiger charge is 2.10. The Morgan fingerprint density at radius 3 is 2.85 bits per heavy atom. The van der Waals surface area contributed by atoms with E-state index in [1.807, 2.05) is 25.2 Å². The number of nitrogens with zero attached hydrogens (tertiary/aromatic N) is 2. The van der Waals surface area contributed by atoms with Crippen LogP contribution in [0.2, 0.25) is 0 Å². The molecule has 0 radical (unpaired) electrons. The summed E-state index contributed by atoms with van der Waals surface area (Å²) in [6.45, 7) is 1.04. The van der Waals surface area contributed by atoms with Crippen LogP contribution in [0.15, 0.2) is 48.9 Å². The zero-order valence-electron chi connectivity index (χ0n) is 11.4. The van der Waals surface area contributed by atoms with Gasteiger partial charge in [-0.2, -0.15) is 0 Å². The highest BCUT2D eigenvalue weighted by atomic mass is 16.5. The number of benzene rings is 1. The second kappa shape index (κ2) is 5.35. The van der Waals surface area contributed by atoms with E-state index in [4.69, 9.17) is 10.5 Å². The Labute approximate surface area is 117 Å². The Bertz CT molecular complexity index is 719. The molecule has 0 aliphatic heterocycles. The van der Waals surface area contributed by atoms with Crippen LogP contribution in [0.25, 0.3) is 10.9 Å². The summed E-state index contributed by atoms with van der Waals surface area (Å²) < 4.78 is 7.90. The van der Waals surface area contributed by atoms with Crippen LogP contribution in [-0.4, -0.2) is 9.55 Å². The molecule has 0 fully saturated rings. The number of ether oxygens (including phenoxy) is 1. The predicted molar refractivity (Wildman–Crippen MR) is 79.4 cm³/mol. The van der Waals surface area contributed by atoms with Gasteiger partial charge in [0.05, 0.1) is 6.20 Å². The maximum atomic E-state index is 5.84. The summed E-state index contributed by atoms with van der Waals surface area (Å²) in [5, 5.41) is 1.20. The number of aryl methyl sites for hydroxylation is 1. The minimum absolute atomic E-state index is 0.514. The summed E-state index contributed by atoms with van der Waals surface area (Å²) in [4.78, 5) is 4.05. The first kappa shape index (κ1) is 12.7. The third-order valence-corrected chi connectivity index (χ3v) is 3.43. The van der Waals surface area contributed by atoms with Crippen LogP contribution < -0.4 is 10.5 Å². The second-order valence-corrected chi connectivity index (χ2v) is 4.76. The molecule has 0 amide bonds. The second-order valence-electron chi connectivity index (χ2n) is 4.76. The minimum atomic E-state index is 0.514. The monoisotopic (exact) mass is 267 g/mol. The zero-order chi connectivity index (χ0) is 13.9. The lowest BCUT2D eigenvalue weighted by atomic mass is 10.1. The highest BCUT2D eigenvalue weighted by molar-refractivity contribution is 5.87. The fourth-order valence-corrected chi connectivity index (χ4v) is 2.49. The van der Waals surface area contributed by atoms with E-state index in [9.17, 15) is 0 Å². The lowest BCUT2D eigenvalue weighted by Gasteiger charge is -2.06. The Hall–Kier alpha value is -2.33. The molecule has 0 bridgehead atoms. The third kappa shape index (κ3) is 2.26. The molecule has 0 saturated heterocycles. The maximum Gasteiger partial charge on any atom is 0.138 e. The SMILES string of the molecule is Cn1cc(COc2cccnc2)c2c(CN)cccc21. The van der Waals surface area contributed by atoms with Gasteiger partial charge in [-0.3, -0.25) is 4.98 Å². The smallest absolute Gasteiger partial charge is 0.138 e. The number of fused-ring (bicyclic) bond motifs is 1. The lowest BCUT2D eigenvalue weighted by Crippen LogP contribution is -1.99. The van der Waals surface area contributed by atoms with Gasteiger partial charge in [-0.15, -0.1) is 0 Å². The molecule has 0 atom stereocenters. The average molecular weight is 267 g/mol. The van der Waals surface area contributed by atoms with Crippen molar-refractivity contribution in [2.24, 2.45) is 12.8 Å². The number of nitrogens with two attached hydrogens (primary N) is 1. The molecule has 4 heteroatoms. The van der Waals surface area contributed by atoms with Crippen molar-refractivity contribution in [3.63, 3.8) is 0 Å². The van der Waals surface area contributed by atoms with Gasteiger partial charge in [0.25, 0.3) is 0 Å². The van der Waals surface area contributed by atoms with Gasteiger partial charge in [-0.05, 0) is 23.8 Å². The number of hydrogen-bond donors (Lipinski definition) is 1. The van der Waals surface area contributed by atoms with Crippen LogP contribution in [0.4, 0.5) is 0 Å². The molecule has 20 heavy (non-hydrogen) atoms. The fraction of sp³-hybridized carbons (Fsp3) is 0.188. The van der Waals surface area contributed by atoms with Crippen molar-refractivity contribution < 1.29 is 4.74 Å². The third-order valence-electron chi connectivity index (χ3n) is 3.43. The van der Waals surface area contributed by atoms with E-state index in [-0.39, 0.29) is 0 Å². The van der Waals surface area contributed by atoms with E-state index in [0.29, 0.717) is 13.2 Å². The molecular formula is C16H17N3O. The van der Waals surface area contributed by atoms with Gasteiger partial charge in [0, 0.05) is 42.5 Å². The van der Waals surface area contributed by atoms with Crippen LogP contribution in [0.5, 0.6) is 5.75 Å². The van der Waals surface area contributed by atoms with Crippen LogP contribution in [-0.2, 0) is 20.2 Å². The Morgan fingerprint density at radius 1 is 1.20 bits per heavy atom. The van der Waals surface area contributed by atoms with Crippen LogP contribution in [0.3, 0.4) is 0 Å². The number of pyridine rings is 1. The van der Waals surface area contributed by atoms with Crippen molar-refractivity contribution in [3.8, 4) is 5.75 Å². The van der Waals surface area contributed by atoms with Gasteiger partial charge in [0.15, 0.2) is 0 Å². The summed E-state index contributed by atoms with van der Waals surface area (Å²) in [5.41, 5.74) is 9.31. The molecule has 2 N–H and O–H groups in total. The first-order valence-corrected chi connectivity index (χ1v) is 6.58. The van der Waals surface area contributed by atoms with Gasteiger partial charge in [-0.1, -0.05) is 12.1 Å². The summed E-state index contributed by atoms with van der Waals surface area (Å²) >= 11 is 0. The molecule has 1 aromatic carbocycles. The quantitative estimate of drug-likeness (QED) is 0.790. The molecule has 0 aliphatic carbocycles. The minimum Gasteiger partial charge on any atom is -0.487 e. The molecule has 2 aromatic heterocycles. The predicted octanol–water partition coefficient (Wildman–Crippen LogP) is 2.61. The van der Waals surface area contributed by atoms with E-state index < -0.39 is 0 Å². The van der Waals surface area contributed by atoms with E-state index in [1.165, 1.54) is 10.9 Å². The van der Waals surface area contributed by atoms with Crippen LogP contribution in [0.1, 0.15) is 11.1 Å². The average Bonchev–Trinajstić information content (AvgIpc) is 2.83. The molecule has 2 heterocycles. The van der Waals surface area contributed by atoms with Crippen molar-refractivity contribution in [3.05, 3.63) is 60.0 Å². The maximum absolute atomic E-state index is 5.84. The molecule has 0 saturated carbocycles. The number of hydrogen-bond acceptors (Lipinski definition) is 3. The van der Waals surface area contributed by atoms with Crippen molar-refractivity contribution in [2.75, 3.05) is 0 Å². The van der Waals surface area contributed by atoms with Crippen LogP contribution >= 0.6 is 0 Å². The molecule has 102 valence electrons. The summed E-state index contributed by atoms with van der Waals surface area (Å²) in [6.07, 6.45) is 5.55. The van der Waals surface area contributed by atoms with E-state index in [1.54, 1.807) is 12.4 Å². The van der Waals surface area contributed by atoms with Gasteiger partial charge < -0.3 is 15.0 Å². The molecule has 0 spiro atoms. The molecule has 3 aromatic rings. The van der Waals surface area contributed by atoms with Gasteiger partial charge in [0.1, 0.15) is 12.4 Å². The fourth-order valence-electron chi connectivity index (χ4n) is 2.49. The van der Waals surface area contributed by atoms with Gasteiger partial charge >= 0.3 is 0 Å². The Kier molecular flexibility index (Phi) is 3.39. The van der Waals surface area contributed by atoms with Gasteiger partial charge in [0.2, 0.25) is 0 Å². The molecule has 0 unspecified atom stereocenters. The number of rotatable bonds is 4. The molecule has 4 nitrogen and oxygen atoms in total. The summed E-state index contributed by atoms with van der Waals surface area (Å²) in [7, 11) is 2.04. The molecule has 0 aliphatic rings. The van der Waals surface area contributed by atoms with E-state index in [0.717, 1.165) is 16.9 Å². The first-order chi connectivity index (χ1) is 9.79. The van der Waals surface area contributed by atoms with Crippen molar-refractivity contribution in [1.82, 2.24) is 9.55 Å². The Morgan fingerprint density at radius 2 is 2.10 bits per heavy atom. The standard InChI is InChI=1S/C16H17N3O/c1-19-10-13(11-20-14-5-3-7-18-9-14)16-12(8-17)4-2-6-15(16)19/h2-7,9-10H,8,11,17H2,1H3. The molecule has 3 rings (SSSR count). The zero-order valence-corrected chi connectivity index (χ0v) is 11.4. The first-order valence-electron chi connectivity index (χ1n) is 6.58. The van der Waals surface area contributed by atoms with Gasteiger partial charge in [-0.25, -0.2) is 0 Å². The van der Waals surface area contributed by atoms with Crippen molar-refractivity contribution >= 4 is 10.9 Å².